The summed E-state index contributed by atoms with van der Waals surface area (Å²) in [6.45, 7) is 2.12. The number of aryl methyl sites for hydroxylation is 1. The average Bonchev–Trinajstić information content (AvgIpc) is 2.37. The number of hydrogen-bond donors (Lipinski definition) is 1. The van der Waals surface area contributed by atoms with Gasteiger partial charge in [0, 0.05) is 5.56 Å². The Hall–Kier alpha value is -1.84. The fraction of sp³-hybridized carbons (Fsp3) is 0.429. The SMILES string of the molecule is CCCCCc1cc(C=O)cc(C(N)=O)c1OC. The summed E-state index contributed by atoms with van der Waals surface area (Å²) in [6, 6.07) is 3.23. The fourth-order valence-electron chi connectivity index (χ4n) is 1.96. The maximum absolute atomic E-state index is 11.4. The van der Waals surface area contributed by atoms with Crippen LogP contribution in [0, 0.1) is 0 Å². The minimum atomic E-state index is -0.577. The van der Waals surface area contributed by atoms with Gasteiger partial charge in [-0.3, -0.25) is 9.59 Å². The van der Waals surface area contributed by atoms with Gasteiger partial charge in [0.25, 0.3) is 5.91 Å². The third-order valence-electron chi connectivity index (χ3n) is 2.84. The molecule has 2 N–H and O–H groups in total. The number of unbranched alkanes of at least 4 members (excludes halogenated alkanes) is 2. The summed E-state index contributed by atoms with van der Waals surface area (Å²) in [4.78, 5) is 22.2. The van der Waals surface area contributed by atoms with E-state index in [0.717, 1.165) is 37.5 Å². The van der Waals surface area contributed by atoms with Gasteiger partial charge < -0.3 is 10.5 Å². The van der Waals surface area contributed by atoms with E-state index >= 15 is 0 Å². The van der Waals surface area contributed by atoms with Gasteiger partial charge in [-0.05, 0) is 30.5 Å². The monoisotopic (exact) mass is 249 g/mol. The van der Waals surface area contributed by atoms with E-state index in [1.807, 2.05) is 0 Å². The first kappa shape index (κ1) is 14.2. The van der Waals surface area contributed by atoms with Crippen molar-refractivity contribution in [1.29, 1.82) is 0 Å². The van der Waals surface area contributed by atoms with E-state index in [0.29, 0.717) is 11.3 Å². The molecule has 0 bridgehead atoms. The molecule has 1 aromatic rings. The molecule has 0 fully saturated rings. The zero-order chi connectivity index (χ0) is 13.5. The van der Waals surface area contributed by atoms with Crippen LogP contribution in [-0.2, 0) is 6.42 Å². The fourth-order valence-corrected chi connectivity index (χ4v) is 1.96. The highest BCUT2D eigenvalue weighted by Gasteiger charge is 2.15. The molecule has 0 aliphatic rings. The van der Waals surface area contributed by atoms with Crippen LogP contribution in [0.15, 0.2) is 12.1 Å². The van der Waals surface area contributed by atoms with Crippen molar-refractivity contribution in [2.45, 2.75) is 32.6 Å². The predicted octanol–water partition coefficient (Wildman–Crippen LogP) is 2.34. The lowest BCUT2D eigenvalue weighted by molar-refractivity contribution is 0.0997. The summed E-state index contributed by atoms with van der Waals surface area (Å²) in [7, 11) is 1.51. The number of rotatable bonds is 7. The number of ether oxygens (including phenoxy) is 1. The van der Waals surface area contributed by atoms with Gasteiger partial charge >= 0.3 is 0 Å². The molecule has 0 atom stereocenters. The van der Waals surface area contributed by atoms with Crippen LogP contribution in [-0.4, -0.2) is 19.3 Å². The summed E-state index contributed by atoms with van der Waals surface area (Å²) >= 11 is 0. The van der Waals surface area contributed by atoms with E-state index in [1.54, 1.807) is 6.07 Å². The van der Waals surface area contributed by atoms with Gasteiger partial charge in [-0.1, -0.05) is 19.8 Å². The average molecular weight is 249 g/mol. The number of benzene rings is 1. The highest BCUT2D eigenvalue weighted by Crippen LogP contribution is 2.27. The Morgan fingerprint density at radius 1 is 1.39 bits per heavy atom. The molecular weight excluding hydrogens is 230 g/mol. The second-order valence-corrected chi connectivity index (χ2v) is 4.20. The molecule has 4 nitrogen and oxygen atoms in total. The molecule has 0 saturated carbocycles. The van der Waals surface area contributed by atoms with Gasteiger partial charge in [0.1, 0.15) is 12.0 Å². The number of aldehydes is 1. The normalized spacial score (nSPS) is 10.1. The van der Waals surface area contributed by atoms with Crippen molar-refractivity contribution < 1.29 is 14.3 Å². The first-order valence-electron chi connectivity index (χ1n) is 6.09. The quantitative estimate of drug-likeness (QED) is 0.595. The number of hydrogen-bond acceptors (Lipinski definition) is 3. The lowest BCUT2D eigenvalue weighted by Gasteiger charge is -2.12. The Morgan fingerprint density at radius 3 is 2.61 bits per heavy atom. The van der Waals surface area contributed by atoms with Crippen LogP contribution in [0.25, 0.3) is 0 Å². The van der Waals surface area contributed by atoms with Gasteiger partial charge in [-0.2, -0.15) is 0 Å². The first-order valence-corrected chi connectivity index (χ1v) is 6.09. The van der Waals surface area contributed by atoms with Crippen LogP contribution < -0.4 is 10.5 Å². The molecule has 98 valence electrons. The number of methoxy groups -OCH3 is 1. The molecule has 1 rings (SSSR count). The molecule has 0 saturated heterocycles. The number of primary amides is 1. The summed E-state index contributed by atoms with van der Waals surface area (Å²) in [5, 5.41) is 0. The van der Waals surface area contributed by atoms with Crippen LogP contribution in [0.4, 0.5) is 0 Å². The Kier molecular flexibility index (Phi) is 5.36. The van der Waals surface area contributed by atoms with Gasteiger partial charge in [0.2, 0.25) is 0 Å². The molecule has 0 unspecified atom stereocenters. The van der Waals surface area contributed by atoms with Gasteiger partial charge in [0.15, 0.2) is 0 Å². The van der Waals surface area contributed by atoms with Crippen LogP contribution >= 0.6 is 0 Å². The highest BCUT2D eigenvalue weighted by molar-refractivity contribution is 5.98. The third kappa shape index (κ3) is 3.32. The molecule has 0 aromatic heterocycles. The van der Waals surface area contributed by atoms with E-state index < -0.39 is 5.91 Å². The van der Waals surface area contributed by atoms with E-state index in [9.17, 15) is 9.59 Å². The molecule has 0 aliphatic carbocycles. The van der Waals surface area contributed by atoms with Crippen molar-refractivity contribution in [1.82, 2.24) is 0 Å². The summed E-state index contributed by atoms with van der Waals surface area (Å²) < 4.78 is 5.25. The van der Waals surface area contributed by atoms with Crippen LogP contribution in [0.2, 0.25) is 0 Å². The summed E-state index contributed by atoms with van der Waals surface area (Å²) in [5.74, 6) is -0.0866. The summed E-state index contributed by atoms with van der Waals surface area (Å²) in [5.41, 5.74) is 6.89. The lowest BCUT2D eigenvalue weighted by Crippen LogP contribution is -2.14. The maximum atomic E-state index is 11.4. The van der Waals surface area contributed by atoms with Crippen LogP contribution in [0.3, 0.4) is 0 Å². The minimum Gasteiger partial charge on any atom is -0.496 e. The second kappa shape index (κ2) is 6.79. The molecular formula is C14H19NO3. The van der Waals surface area contributed by atoms with E-state index in [4.69, 9.17) is 10.5 Å². The number of carbonyl (C=O) groups is 2. The van der Waals surface area contributed by atoms with Crippen molar-refractivity contribution in [2.75, 3.05) is 7.11 Å². The van der Waals surface area contributed by atoms with Crippen LogP contribution in [0.1, 0.15) is 52.5 Å². The van der Waals surface area contributed by atoms with Crippen molar-refractivity contribution in [3.8, 4) is 5.75 Å². The first-order chi connectivity index (χ1) is 8.63. The Balaban J connectivity index is 3.15. The standard InChI is InChI=1S/C14H19NO3/c1-3-4-5-6-11-7-10(9-16)8-12(14(15)17)13(11)18-2/h7-9H,3-6H2,1-2H3,(H2,15,17). The topological polar surface area (TPSA) is 69.4 Å². The molecule has 4 heteroatoms. The third-order valence-corrected chi connectivity index (χ3v) is 2.84. The van der Waals surface area contributed by atoms with Gasteiger partial charge in [0.05, 0.1) is 12.7 Å². The Bertz CT molecular complexity index is 441. The lowest BCUT2D eigenvalue weighted by atomic mass is 9.99. The van der Waals surface area contributed by atoms with Gasteiger partial charge in [-0.25, -0.2) is 0 Å². The predicted molar refractivity (Wildman–Crippen MR) is 70.1 cm³/mol. The molecule has 0 spiro atoms. The van der Waals surface area contributed by atoms with Crippen molar-refractivity contribution in [3.63, 3.8) is 0 Å². The van der Waals surface area contributed by atoms with E-state index in [-0.39, 0.29) is 5.56 Å². The number of nitrogens with two attached hydrogens (primary N) is 1. The number of carbonyl (C=O) groups excluding carboxylic acids is 2. The zero-order valence-electron chi connectivity index (χ0n) is 10.9. The second-order valence-electron chi connectivity index (χ2n) is 4.20. The maximum Gasteiger partial charge on any atom is 0.252 e. The van der Waals surface area contributed by atoms with E-state index in [1.165, 1.54) is 13.2 Å². The molecule has 18 heavy (non-hydrogen) atoms. The molecule has 0 aliphatic heterocycles. The number of amides is 1. The van der Waals surface area contributed by atoms with Crippen molar-refractivity contribution >= 4 is 12.2 Å². The highest BCUT2D eigenvalue weighted by atomic mass is 16.5. The smallest absolute Gasteiger partial charge is 0.252 e. The van der Waals surface area contributed by atoms with Crippen molar-refractivity contribution in [3.05, 3.63) is 28.8 Å². The van der Waals surface area contributed by atoms with Gasteiger partial charge in [-0.15, -0.1) is 0 Å². The van der Waals surface area contributed by atoms with Crippen LogP contribution in [0.5, 0.6) is 5.75 Å². The zero-order valence-corrected chi connectivity index (χ0v) is 10.9. The largest absolute Gasteiger partial charge is 0.496 e. The molecule has 0 radical (unpaired) electrons. The molecule has 1 aromatic carbocycles. The van der Waals surface area contributed by atoms with E-state index in [2.05, 4.69) is 6.92 Å². The molecule has 0 heterocycles. The minimum absolute atomic E-state index is 0.272. The molecule has 1 amide bonds. The Labute approximate surface area is 107 Å². The van der Waals surface area contributed by atoms with Crippen molar-refractivity contribution in [2.24, 2.45) is 5.73 Å². The Morgan fingerprint density at radius 2 is 2.11 bits per heavy atom. The summed E-state index contributed by atoms with van der Waals surface area (Å²) in [6.07, 6.45) is 4.69.